The van der Waals surface area contributed by atoms with Crippen molar-refractivity contribution >= 4 is 64.9 Å². The molecule has 0 saturated heterocycles. The van der Waals surface area contributed by atoms with Crippen LogP contribution in [0.5, 0.6) is 0 Å². The molecule has 2 rings (SSSR count). The van der Waals surface area contributed by atoms with Crippen molar-refractivity contribution in [3.8, 4) is 0 Å². The zero-order valence-electron chi connectivity index (χ0n) is 11.6. The van der Waals surface area contributed by atoms with E-state index in [1.54, 1.807) is 0 Å². The molecule has 20 heavy (non-hydrogen) atoms. The zero-order valence-corrected chi connectivity index (χ0v) is 16.3. The van der Waals surface area contributed by atoms with Crippen LogP contribution in [-0.4, -0.2) is 29.2 Å². The lowest BCUT2D eigenvalue weighted by atomic mass is 10.5. The second-order valence-electron chi connectivity index (χ2n) is 5.78. The van der Waals surface area contributed by atoms with Gasteiger partial charge in [-0.15, -0.1) is 0 Å². The first-order valence-corrected chi connectivity index (χ1v) is 11.8. The highest BCUT2D eigenvalue weighted by molar-refractivity contribution is 14.1. The highest BCUT2D eigenvalue weighted by Crippen LogP contribution is 2.27. The third-order valence-corrected chi connectivity index (χ3v) is 5.75. The lowest BCUT2D eigenvalue weighted by Crippen LogP contribution is -2.22. The summed E-state index contributed by atoms with van der Waals surface area (Å²) in [7, 11) is -1.07. The Balaban J connectivity index is 2.15. The Morgan fingerprint density at radius 3 is 2.65 bits per heavy atom. The lowest BCUT2D eigenvalue weighted by molar-refractivity contribution is 0.0901. The van der Waals surface area contributed by atoms with Crippen LogP contribution < -0.4 is 0 Å². The Labute approximate surface area is 143 Å². The Morgan fingerprint density at radius 2 is 2.00 bits per heavy atom. The van der Waals surface area contributed by atoms with Gasteiger partial charge in [0, 0.05) is 20.9 Å². The Hall–Kier alpha value is 0.107. The highest BCUT2D eigenvalue weighted by atomic mass is 127. The molecular formula is C12H16Cl2IN3OSi. The van der Waals surface area contributed by atoms with Crippen molar-refractivity contribution in [2.24, 2.45) is 0 Å². The van der Waals surface area contributed by atoms with Crippen LogP contribution in [0.25, 0.3) is 11.0 Å². The Bertz CT molecular complexity index is 627. The smallest absolute Gasteiger partial charge is 0.224 e. The summed E-state index contributed by atoms with van der Waals surface area (Å²) >= 11 is 14.2. The van der Waals surface area contributed by atoms with Crippen LogP contribution in [0.15, 0.2) is 6.20 Å². The summed E-state index contributed by atoms with van der Waals surface area (Å²) < 4.78 is 8.66. The van der Waals surface area contributed by atoms with Crippen molar-refractivity contribution in [3.05, 3.63) is 20.2 Å². The predicted molar refractivity (Wildman–Crippen MR) is 94.4 cm³/mol. The number of hydrogen-bond donors (Lipinski definition) is 0. The van der Waals surface area contributed by atoms with Gasteiger partial charge in [-0.1, -0.05) is 31.2 Å². The molecule has 0 N–H and O–H groups in total. The van der Waals surface area contributed by atoms with Gasteiger partial charge in [0.25, 0.3) is 0 Å². The fourth-order valence-electron chi connectivity index (χ4n) is 1.73. The molecule has 0 amide bonds. The van der Waals surface area contributed by atoms with Crippen LogP contribution in [0, 0.1) is 3.57 Å². The molecule has 0 fully saturated rings. The van der Waals surface area contributed by atoms with Gasteiger partial charge in [-0.25, -0.2) is 9.97 Å². The van der Waals surface area contributed by atoms with Crippen LogP contribution in [0.3, 0.4) is 0 Å². The van der Waals surface area contributed by atoms with E-state index in [0.29, 0.717) is 11.9 Å². The van der Waals surface area contributed by atoms with Crippen molar-refractivity contribution in [2.45, 2.75) is 32.4 Å². The molecule has 8 heteroatoms. The third kappa shape index (κ3) is 4.06. The van der Waals surface area contributed by atoms with E-state index in [9.17, 15) is 0 Å². The second-order valence-corrected chi connectivity index (χ2v) is 13.3. The maximum absolute atomic E-state index is 6.16. The van der Waals surface area contributed by atoms with Gasteiger partial charge < -0.3 is 9.30 Å². The number of fused-ring (bicyclic) bond motifs is 1. The molecule has 0 aliphatic carbocycles. The molecule has 0 unspecified atom stereocenters. The summed E-state index contributed by atoms with van der Waals surface area (Å²) in [5.41, 5.74) is 1.54. The molecule has 2 aromatic heterocycles. The summed E-state index contributed by atoms with van der Waals surface area (Å²) in [6.45, 7) is 8.21. The van der Waals surface area contributed by atoms with Crippen molar-refractivity contribution in [1.29, 1.82) is 0 Å². The molecule has 0 aromatic carbocycles. The Kier molecular flexibility index (Phi) is 5.33. The molecule has 2 heterocycles. The number of hydrogen-bond acceptors (Lipinski definition) is 3. The van der Waals surface area contributed by atoms with E-state index in [1.807, 2.05) is 10.8 Å². The zero-order chi connectivity index (χ0) is 14.9. The average Bonchev–Trinajstić information content (AvgIpc) is 2.61. The maximum atomic E-state index is 6.16. The van der Waals surface area contributed by atoms with Crippen molar-refractivity contribution in [3.63, 3.8) is 0 Å². The first-order chi connectivity index (χ1) is 9.28. The topological polar surface area (TPSA) is 39.9 Å². The molecule has 110 valence electrons. The van der Waals surface area contributed by atoms with Gasteiger partial charge in [-0.2, -0.15) is 0 Å². The van der Waals surface area contributed by atoms with Gasteiger partial charge in [0.1, 0.15) is 17.8 Å². The van der Waals surface area contributed by atoms with Crippen LogP contribution in [-0.2, 0) is 11.5 Å². The van der Waals surface area contributed by atoms with E-state index in [-0.39, 0.29) is 5.28 Å². The van der Waals surface area contributed by atoms with Crippen LogP contribution in [0.1, 0.15) is 0 Å². The van der Waals surface area contributed by atoms with E-state index < -0.39 is 8.07 Å². The molecule has 0 aliphatic heterocycles. The van der Waals surface area contributed by atoms with Gasteiger partial charge in [-0.05, 0) is 40.2 Å². The summed E-state index contributed by atoms with van der Waals surface area (Å²) in [4.78, 5) is 8.21. The number of ether oxygens (including phenoxy) is 1. The lowest BCUT2D eigenvalue weighted by Gasteiger charge is -2.15. The molecule has 2 aromatic rings. The monoisotopic (exact) mass is 443 g/mol. The van der Waals surface area contributed by atoms with Gasteiger partial charge in [-0.3, -0.25) is 0 Å². The van der Waals surface area contributed by atoms with E-state index in [2.05, 4.69) is 52.2 Å². The fourth-order valence-corrected chi connectivity index (χ4v) is 3.69. The highest BCUT2D eigenvalue weighted by Gasteiger charge is 2.15. The third-order valence-electron chi connectivity index (χ3n) is 2.82. The van der Waals surface area contributed by atoms with Gasteiger partial charge >= 0.3 is 0 Å². The normalized spacial score (nSPS) is 12.3. The molecule has 0 aliphatic rings. The Morgan fingerprint density at radius 1 is 1.30 bits per heavy atom. The van der Waals surface area contributed by atoms with Crippen LogP contribution >= 0.6 is 45.8 Å². The number of nitrogens with zero attached hydrogens (tertiary/aromatic N) is 3. The van der Waals surface area contributed by atoms with Crippen molar-refractivity contribution < 1.29 is 4.74 Å². The van der Waals surface area contributed by atoms with Crippen molar-refractivity contribution in [2.75, 3.05) is 6.61 Å². The SMILES string of the molecule is C[Si](C)(C)CCOCn1cc(I)c2nc(Cl)nc(Cl)c21. The van der Waals surface area contributed by atoms with Crippen LogP contribution in [0.4, 0.5) is 0 Å². The fraction of sp³-hybridized carbons (Fsp3) is 0.500. The van der Waals surface area contributed by atoms with Crippen LogP contribution in [0.2, 0.25) is 36.1 Å². The number of halogens is 3. The minimum atomic E-state index is -1.07. The average molecular weight is 444 g/mol. The van der Waals surface area contributed by atoms with Gasteiger partial charge in [0.05, 0.1) is 3.57 Å². The van der Waals surface area contributed by atoms with Gasteiger partial charge in [0.15, 0.2) is 5.15 Å². The molecule has 4 nitrogen and oxygen atoms in total. The van der Waals surface area contributed by atoms with E-state index >= 15 is 0 Å². The van der Waals surface area contributed by atoms with Crippen molar-refractivity contribution in [1.82, 2.24) is 14.5 Å². The summed E-state index contributed by atoms with van der Waals surface area (Å²) in [6, 6.07) is 1.14. The predicted octanol–water partition coefficient (Wildman–Crippen LogP) is 4.66. The van der Waals surface area contributed by atoms with E-state index in [4.69, 9.17) is 27.9 Å². The largest absolute Gasteiger partial charge is 0.361 e. The minimum absolute atomic E-state index is 0.165. The maximum Gasteiger partial charge on any atom is 0.224 e. The first kappa shape index (κ1) is 16.5. The molecule has 0 radical (unpaired) electrons. The summed E-state index contributed by atoms with van der Waals surface area (Å²) in [5, 5.41) is 0.523. The van der Waals surface area contributed by atoms with E-state index in [1.165, 1.54) is 0 Å². The van der Waals surface area contributed by atoms with Gasteiger partial charge in [0.2, 0.25) is 5.28 Å². The molecule has 0 bridgehead atoms. The number of aromatic nitrogens is 3. The standard InChI is InChI=1S/C12H16Cl2IN3OSi/c1-20(2,3)5-4-19-7-18-6-8(15)9-10(18)11(13)17-12(14)16-9/h6H,4-5,7H2,1-3H3. The molecular weight excluding hydrogens is 428 g/mol. The molecule has 0 saturated carbocycles. The summed E-state index contributed by atoms with van der Waals surface area (Å²) in [5.74, 6) is 0. The molecule has 0 atom stereocenters. The summed E-state index contributed by atoms with van der Waals surface area (Å²) in [6.07, 6.45) is 1.95. The second kappa shape index (κ2) is 6.47. The van der Waals surface area contributed by atoms with E-state index in [0.717, 1.165) is 27.3 Å². The molecule has 0 spiro atoms. The number of rotatable bonds is 5. The minimum Gasteiger partial charge on any atom is -0.361 e. The quantitative estimate of drug-likeness (QED) is 0.222. The first-order valence-electron chi connectivity index (χ1n) is 6.23.